The number of carbonyl (C=O) groups excluding carboxylic acids is 1. The molecular formula is C12H10F2N2OS. The van der Waals surface area contributed by atoms with Gasteiger partial charge in [0.1, 0.15) is 0 Å². The second kappa shape index (κ2) is 5.68. The summed E-state index contributed by atoms with van der Waals surface area (Å²) >= 11 is 1.58. The number of halogens is 2. The first-order valence-electron chi connectivity index (χ1n) is 5.29. The van der Waals surface area contributed by atoms with Crippen molar-refractivity contribution in [2.24, 2.45) is 0 Å². The van der Waals surface area contributed by atoms with Crippen LogP contribution in [0.15, 0.2) is 29.8 Å². The van der Waals surface area contributed by atoms with Gasteiger partial charge in [-0.1, -0.05) is 6.07 Å². The lowest BCUT2D eigenvalue weighted by Crippen LogP contribution is -2.26. The second-order valence-electron chi connectivity index (χ2n) is 3.55. The van der Waals surface area contributed by atoms with E-state index < -0.39 is 17.7 Å². The van der Waals surface area contributed by atoms with Crippen molar-refractivity contribution in [1.82, 2.24) is 10.3 Å². The fourth-order valence-electron chi connectivity index (χ4n) is 1.44. The lowest BCUT2D eigenvalue weighted by atomic mass is 10.2. The molecule has 2 aromatic rings. The van der Waals surface area contributed by atoms with Crippen LogP contribution in [0, 0.1) is 11.8 Å². The topological polar surface area (TPSA) is 42.0 Å². The summed E-state index contributed by atoms with van der Waals surface area (Å²) in [6.07, 6.45) is 1.73. The average molecular weight is 268 g/mol. The number of thiophene rings is 1. The third-order valence-corrected chi connectivity index (χ3v) is 3.26. The minimum Gasteiger partial charge on any atom is -0.352 e. The van der Waals surface area contributed by atoms with Gasteiger partial charge in [0.15, 0.2) is 5.82 Å². The van der Waals surface area contributed by atoms with Gasteiger partial charge < -0.3 is 5.32 Å². The molecule has 18 heavy (non-hydrogen) atoms. The van der Waals surface area contributed by atoms with Crippen molar-refractivity contribution in [3.05, 3.63) is 52.0 Å². The van der Waals surface area contributed by atoms with Crippen molar-refractivity contribution in [1.29, 1.82) is 0 Å². The van der Waals surface area contributed by atoms with Crippen LogP contribution >= 0.6 is 11.3 Å². The van der Waals surface area contributed by atoms with Crippen LogP contribution in [-0.2, 0) is 6.42 Å². The van der Waals surface area contributed by atoms with Gasteiger partial charge in [0.25, 0.3) is 5.91 Å². The summed E-state index contributed by atoms with van der Waals surface area (Å²) < 4.78 is 26.1. The van der Waals surface area contributed by atoms with Crippen molar-refractivity contribution in [2.75, 3.05) is 6.54 Å². The van der Waals surface area contributed by atoms with Gasteiger partial charge in [-0.05, 0) is 23.9 Å². The van der Waals surface area contributed by atoms with Crippen LogP contribution < -0.4 is 5.32 Å². The standard InChI is InChI=1S/C12H10F2N2OS/c13-10-9(4-6-15-11(10)14)12(17)16-5-3-8-2-1-7-18-8/h1-2,4,6-7H,3,5H2,(H,16,17). The Morgan fingerprint density at radius 3 is 2.94 bits per heavy atom. The third-order valence-electron chi connectivity index (χ3n) is 2.33. The molecule has 1 amide bonds. The van der Waals surface area contributed by atoms with Gasteiger partial charge >= 0.3 is 0 Å². The molecule has 94 valence electrons. The molecule has 0 fully saturated rings. The molecule has 0 aromatic carbocycles. The van der Waals surface area contributed by atoms with E-state index in [1.54, 1.807) is 11.3 Å². The van der Waals surface area contributed by atoms with E-state index in [0.29, 0.717) is 13.0 Å². The molecule has 0 aliphatic rings. The van der Waals surface area contributed by atoms with Gasteiger partial charge in [-0.3, -0.25) is 4.79 Å². The van der Waals surface area contributed by atoms with Crippen LogP contribution in [0.25, 0.3) is 0 Å². The summed E-state index contributed by atoms with van der Waals surface area (Å²) in [6, 6.07) is 5.02. The Balaban J connectivity index is 1.93. The highest BCUT2D eigenvalue weighted by Gasteiger charge is 2.15. The first-order chi connectivity index (χ1) is 8.68. The van der Waals surface area contributed by atoms with Crippen molar-refractivity contribution in [3.63, 3.8) is 0 Å². The largest absolute Gasteiger partial charge is 0.352 e. The number of nitrogens with one attached hydrogen (secondary N) is 1. The molecule has 1 N–H and O–H groups in total. The summed E-state index contributed by atoms with van der Waals surface area (Å²) in [4.78, 5) is 15.8. The number of hydrogen-bond donors (Lipinski definition) is 1. The SMILES string of the molecule is O=C(NCCc1cccs1)c1ccnc(F)c1F. The van der Waals surface area contributed by atoms with Crippen LogP contribution in [0.5, 0.6) is 0 Å². The zero-order valence-corrected chi connectivity index (χ0v) is 10.1. The minimum absolute atomic E-state index is 0.325. The molecule has 0 unspecified atom stereocenters. The van der Waals surface area contributed by atoms with Crippen LogP contribution in [0.4, 0.5) is 8.78 Å². The average Bonchev–Trinajstić information content (AvgIpc) is 2.85. The molecule has 0 saturated heterocycles. The molecule has 0 aliphatic carbocycles. The minimum atomic E-state index is -1.26. The van der Waals surface area contributed by atoms with Gasteiger partial charge in [-0.25, -0.2) is 9.37 Å². The molecule has 0 aliphatic heterocycles. The fourth-order valence-corrected chi connectivity index (χ4v) is 2.15. The fraction of sp³-hybridized carbons (Fsp3) is 0.167. The molecule has 0 atom stereocenters. The number of nitrogens with zero attached hydrogens (tertiary/aromatic N) is 1. The Morgan fingerprint density at radius 1 is 1.39 bits per heavy atom. The number of rotatable bonds is 4. The summed E-state index contributed by atoms with van der Waals surface area (Å²) in [6.45, 7) is 0.378. The van der Waals surface area contributed by atoms with E-state index in [0.717, 1.165) is 17.1 Å². The van der Waals surface area contributed by atoms with E-state index in [1.165, 1.54) is 0 Å². The van der Waals surface area contributed by atoms with E-state index in [9.17, 15) is 13.6 Å². The maximum atomic E-state index is 13.3. The highest BCUT2D eigenvalue weighted by atomic mass is 32.1. The second-order valence-corrected chi connectivity index (χ2v) is 4.58. The van der Waals surface area contributed by atoms with Gasteiger partial charge in [-0.15, -0.1) is 11.3 Å². The zero-order chi connectivity index (χ0) is 13.0. The smallest absolute Gasteiger partial charge is 0.254 e. The first-order valence-corrected chi connectivity index (χ1v) is 6.17. The molecule has 2 aromatic heterocycles. The quantitative estimate of drug-likeness (QED) is 0.865. The number of aromatic nitrogens is 1. The van der Waals surface area contributed by atoms with Crippen LogP contribution in [0.2, 0.25) is 0 Å². The molecule has 0 bridgehead atoms. The molecule has 0 radical (unpaired) electrons. The normalized spacial score (nSPS) is 10.3. The summed E-state index contributed by atoms with van der Waals surface area (Å²) in [5.74, 6) is -3.11. The first kappa shape index (κ1) is 12.6. The Bertz CT molecular complexity index is 543. The van der Waals surface area contributed by atoms with E-state index in [1.807, 2.05) is 17.5 Å². The van der Waals surface area contributed by atoms with Crippen LogP contribution in [0.1, 0.15) is 15.2 Å². The lowest BCUT2D eigenvalue weighted by molar-refractivity contribution is 0.0948. The summed E-state index contributed by atoms with van der Waals surface area (Å²) in [5, 5.41) is 4.48. The van der Waals surface area contributed by atoms with E-state index in [4.69, 9.17) is 0 Å². The highest BCUT2D eigenvalue weighted by molar-refractivity contribution is 7.09. The predicted octanol–water partition coefficient (Wildman–Crippen LogP) is 2.39. The molecule has 2 heterocycles. The Hall–Kier alpha value is -1.82. The molecule has 0 spiro atoms. The van der Waals surface area contributed by atoms with E-state index >= 15 is 0 Å². The molecule has 6 heteroatoms. The van der Waals surface area contributed by atoms with E-state index in [2.05, 4.69) is 10.3 Å². The predicted molar refractivity (Wildman–Crippen MR) is 64.5 cm³/mol. The number of carbonyl (C=O) groups is 1. The third kappa shape index (κ3) is 2.89. The maximum Gasteiger partial charge on any atom is 0.254 e. The van der Waals surface area contributed by atoms with Gasteiger partial charge in [0.05, 0.1) is 5.56 Å². The summed E-state index contributed by atoms with van der Waals surface area (Å²) in [7, 11) is 0. The summed E-state index contributed by atoms with van der Waals surface area (Å²) in [5.41, 5.74) is -0.325. The van der Waals surface area contributed by atoms with Crippen molar-refractivity contribution in [3.8, 4) is 0 Å². The Morgan fingerprint density at radius 2 is 2.22 bits per heavy atom. The molecule has 0 saturated carbocycles. The monoisotopic (exact) mass is 268 g/mol. The number of amides is 1. The Labute approximate surface area is 106 Å². The van der Waals surface area contributed by atoms with Crippen molar-refractivity contribution >= 4 is 17.2 Å². The highest BCUT2D eigenvalue weighted by Crippen LogP contribution is 2.10. The van der Waals surface area contributed by atoms with Gasteiger partial charge in [-0.2, -0.15) is 4.39 Å². The van der Waals surface area contributed by atoms with Gasteiger partial charge in [0.2, 0.25) is 5.95 Å². The zero-order valence-electron chi connectivity index (χ0n) is 9.32. The molecule has 3 nitrogen and oxygen atoms in total. The maximum absolute atomic E-state index is 13.3. The van der Waals surface area contributed by atoms with Crippen molar-refractivity contribution < 1.29 is 13.6 Å². The Kier molecular flexibility index (Phi) is 3.99. The van der Waals surface area contributed by atoms with Crippen LogP contribution in [-0.4, -0.2) is 17.4 Å². The van der Waals surface area contributed by atoms with E-state index in [-0.39, 0.29) is 5.56 Å². The van der Waals surface area contributed by atoms with Gasteiger partial charge in [0, 0.05) is 17.6 Å². The number of hydrogen-bond acceptors (Lipinski definition) is 3. The molecular weight excluding hydrogens is 258 g/mol. The lowest BCUT2D eigenvalue weighted by Gasteiger charge is -2.05. The number of pyridine rings is 1. The molecule has 2 rings (SSSR count). The van der Waals surface area contributed by atoms with Crippen LogP contribution in [0.3, 0.4) is 0 Å². The van der Waals surface area contributed by atoms with Crippen molar-refractivity contribution in [2.45, 2.75) is 6.42 Å².